The van der Waals surface area contributed by atoms with Crippen LogP contribution < -0.4 is 5.73 Å². The van der Waals surface area contributed by atoms with E-state index in [1.54, 1.807) is 0 Å². The first-order chi connectivity index (χ1) is 8.25. The minimum atomic E-state index is 0.101. The Morgan fingerprint density at radius 1 is 0.824 bits per heavy atom. The lowest BCUT2D eigenvalue weighted by Gasteiger charge is -1.98. The summed E-state index contributed by atoms with van der Waals surface area (Å²) in [7, 11) is 0. The average Bonchev–Trinajstić information content (AvgIpc) is 2.38. The van der Waals surface area contributed by atoms with Crippen molar-refractivity contribution in [3.8, 4) is 0 Å². The molecular formula is C15H14N2. The van der Waals surface area contributed by atoms with Crippen LogP contribution in [0.1, 0.15) is 16.7 Å². The molecule has 0 aliphatic carbocycles. The van der Waals surface area contributed by atoms with Crippen LogP contribution in [0.5, 0.6) is 0 Å². The van der Waals surface area contributed by atoms with Crippen LogP contribution in [0.15, 0.2) is 54.6 Å². The van der Waals surface area contributed by atoms with E-state index in [0.29, 0.717) is 0 Å². The van der Waals surface area contributed by atoms with Crippen LogP contribution in [0, 0.1) is 5.41 Å². The van der Waals surface area contributed by atoms with Gasteiger partial charge in [-0.2, -0.15) is 0 Å². The number of hydrogen-bond donors (Lipinski definition) is 2. The third-order valence-electron chi connectivity index (χ3n) is 2.49. The lowest BCUT2D eigenvalue weighted by molar-refractivity contribution is 1.42. The molecule has 0 radical (unpaired) electrons. The summed E-state index contributed by atoms with van der Waals surface area (Å²) in [4.78, 5) is 0. The fraction of sp³-hybridized carbons (Fsp3) is 0. The van der Waals surface area contributed by atoms with Crippen LogP contribution in [-0.4, -0.2) is 5.84 Å². The quantitative estimate of drug-likeness (QED) is 0.468. The van der Waals surface area contributed by atoms with E-state index in [1.165, 1.54) is 5.56 Å². The molecule has 0 unspecified atom stereocenters. The normalized spacial score (nSPS) is 10.6. The first kappa shape index (κ1) is 11.1. The number of nitrogen functional groups attached to an aromatic ring is 1. The second-order valence-electron chi connectivity index (χ2n) is 3.78. The molecule has 0 saturated heterocycles. The third-order valence-corrected chi connectivity index (χ3v) is 2.49. The molecule has 0 heterocycles. The number of benzene rings is 2. The van der Waals surface area contributed by atoms with Crippen molar-refractivity contribution in [2.24, 2.45) is 5.73 Å². The Morgan fingerprint density at radius 3 is 1.88 bits per heavy atom. The van der Waals surface area contributed by atoms with Crippen molar-refractivity contribution in [3.63, 3.8) is 0 Å². The zero-order chi connectivity index (χ0) is 12.1. The monoisotopic (exact) mass is 222 g/mol. The molecule has 0 amide bonds. The SMILES string of the molecule is N=C(N)c1ccc(/C=C/c2ccccc2)cc1. The Labute approximate surface area is 101 Å². The summed E-state index contributed by atoms with van der Waals surface area (Å²) in [5.41, 5.74) is 8.41. The van der Waals surface area contributed by atoms with Crippen molar-refractivity contribution in [2.75, 3.05) is 0 Å². The van der Waals surface area contributed by atoms with Gasteiger partial charge in [0.15, 0.2) is 0 Å². The van der Waals surface area contributed by atoms with Crippen LogP contribution >= 0.6 is 0 Å². The summed E-state index contributed by atoms with van der Waals surface area (Å²) in [6.07, 6.45) is 4.10. The highest BCUT2D eigenvalue weighted by molar-refractivity contribution is 5.95. The van der Waals surface area contributed by atoms with E-state index >= 15 is 0 Å². The van der Waals surface area contributed by atoms with E-state index in [2.05, 4.69) is 18.2 Å². The molecular weight excluding hydrogens is 208 g/mol. The number of nitrogens with two attached hydrogens (primary N) is 1. The van der Waals surface area contributed by atoms with Crippen molar-refractivity contribution < 1.29 is 0 Å². The molecule has 0 aliphatic heterocycles. The van der Waals surface area contributed by atoms with Gasteiger partial charge in [-0.3, -0.25) is 5.41 Å². The van der Waals surface area contributed by atoms with Gasteiger partial charge in [-0.15, -0.1) is 0 Å². The van der Waals surface area contributed by atoms with E-state index < -0.39 is 0 Å². The molecule has 84 valence electrons. The van der Waals surface area contributed by atoms with E-state index in [-0.39, 0.29) is 5.84 Å². The van der Waals surface area contributed by atoms with Crippen molar-refractivity contribution in [2.45, 2.75) is 0 Å². The van der Waals surface area contributed by atoms with Crippen molar-refractivity contribution in [1.82, 2.24) is 0 Å². The van der Waals surface area contributed by atoms with Gasteiger partial charge in [0.05, 0.1) is 0 Å². The molecule has 2 nitrogen and oxygen atoms in total. The Morgan fingerprint density at radius 2 is 1.35 bits per heavy atom. The molecule has 0 bridgehead atoms. The highest BCUT2D eigenvalue weighted by Gasteiger charge is 1.94. The zero-order valence-corrected chi connectivity index (χ0v) is 9.43. The van der Waals surface area contributed by atoms with Crippen LogP contribution in [0.4, 0.5) is 0 Å². The molecule has 0 aliphatic rings. The molecule has 0 saturated carbocycles. The summed E-state index contributed by atoms with van der Waals surface area (Å²) >= 11 is 0. The summed E-state index contributed by atoms with van der Waals surface area (Å²) in [5.74, 6) is 0.101. The highest BCUT2D eigenvalue weighted by Crippen LogP contribution is 2.09. The predicted molar refractivity (Wildman–Crippen MR) is 72.8 cm³/mol. The Balaban J connectivity index is 2.14. The van der Waals surface area contributed by atoms with Gasteiger partial charge in [0.2, 0.25) is 0 Å². The topological polar surface area (TPSA) is 49.9 Å². The molecule has 2 aromatic rings. The van der Waals surface area contributed by atoms with Gasteiger partial charge in [0.25, 0.3) is 0 Å². The van der Waals surface area contributed by atoms with Crippen LogP contribution in [-0.2, 0) is 0 Å². The Bertz CT molecular complexity index is 525. The van der Waals surface area contributed by atoms with Crippen LogP contribution in [0.3, 0.4) is 0 Å². The fourth-order valence-electron chi connectivity index (χ4n) is 1.53. The van der Waals surface area contributed by atoms with Crippen LogP contribution in [0.25, 0.3) is 12.2 Å². The molecule has 0 fully saturated rings. The first-order valence-electron chi connectivity index (χ1n) is 5.43. The van der Waals surface area contributed by atoms with Crippen molar-refractivity contribution in [3.05, 3.63) is 71.3 Å². The zero-order valence-electron chi connectivity index (χ0n) is 9.43. The maximum absolute atomic E-state index is 7.30. The van der Waals surface area contributed by atoms with E-state index in [9.17, 15) is 0 Å². The minimum absolute atomic E-state index is 0.101. The summed E-state index contributed by atoms with van der Waals surface area (Å²) in [6.45, 7) is 0. The number of rotatable bonds is 3. The molecule has 3 N–H and O–H groups in total. The summed E-state index contributed by atoms with van der Waals surface area (Å²) in [5, 5.41) is 7.30. The molecule has 2 aromatic carbocycles. The first-order valence-corrected chi connectivity index (χ1v) is 5.43. The van der Waals surface area contributed by atoms with Gasteiger partial charge in [0.1, 0.15) is 5.84 Å². The van der Waals surface area contributed by atoms with Gasteiger partial charge >= 0.3 is 0 Å². The van der Waals surface area contributed by atoms with Crippen molar-refractivity contribution >= 4 is 18.0 Å². The molecule has 2 heteroatoms. The number of amidine groups is 1. The third kappa shape index (κ3) is 3.05. The largest absolute Gasteiger partial charge is 0.384 e. The maximum atomic E-state index is 7.30. The van der Waals surface area contributed by atoms with Crippen molar-refractivity contribution in [1.29, 1.82) is 5.41 Å². The standard InChI is InChI=1S/C15H14N2/c16-15(17)14-10-8-13(9-11-14)7-6-12-4-2-1-3-5-12/h1-11H,(H3,16,17)/b7-6+. The van der Waals surface area contributed by atoms with Crippen LogP contribution in [0.2, 0.25) is 0 Å². The molecule has 0 aromatic heterocycles. The second-order valence-corrected chi connectivity index (χ2v) is 3.78. The van der Waals surface area contributed by atoms with Gasteiger partial charge in [-0.1, -0.05) is 66.7 Å². The summed E-state index contributed by atoms with van der Waals surface area (Å²) in [6, 6.07) is 17.8. The average molecular weight is 222 g/mol. The maximum Gasteiger partial charge on any atom is 0.122 e. The Hall–Kier alpha value is -2.35. The Kier molecular flexibility index (Phi) is 3.36. The van der Waals surface area contributed by atoms with Gasteiger partial charge < -0.3 is 5.73 Å². The lowest BCUT2D eigenvalue weighted by atomic mass is 10.1. The van der Waals surface area contributed by atoms with E-state index in [1.807, 2.05) is 48.5 Å². The second kappa shape index (κ2) is 5.12. The van der Waals surface area contributed by atoms with Gasteiger partial charge in [0, 0.05) is 5.56 Å². The molecule has 0 spiro atoms. The molecule has 2 rings (SSSR count). The van der Waals surface area contributed by atoms with Gasteiger partial charge in [-0.05, 0) is 11.1 Å². The highest BCUT2D eigenvalue weighted by atomic mass is 14.7. The lowest BCUT2D eigenvalue weighted by Crippen LogP contribution is -2.10. The molecule has 17 heavy (non-hydrogen) atoms. The van der Waals surface area contributed by atoms with E-state index in [0.717, 1.165) is 11.1 Å². The molecule has 0 atom stereocenters. The minimum Gasteiger partial charge on any atom is -0.384 e. The smallest absolute Gasteiger partial charge is 0.122 e. The number of hydrogen-bond acceptors (Lipinski definition) is 1. The van der Waals surface area contributed by atoms with E-state index in [4.69, 9.17) is 11.1 Å². The predicted octanol–water partition coefficient (Wildman–Crippen LogP) is 3.14. The van der Waals surface area contributed by atoms with Gasteiger partial charge in [-0.25, -0.2) is 0 Å². The number of nitrogens with one attached hydrogen (secondary N) is 1. The fourth-order valence-corrected chi connectivity index (χ4v) is 1.53. The summed E-state index contributed by atoms with van der Waals surface area (Å²) < 4.78 is 0.